The fourth-order valence-electron chi connectivity index (χ4n) is 5.63. The Morgan fingerprint density at radius 2 is 1.65 bits per heavy atom. The molecule has 0 unspecified atom stereocenters. The van der Waals surface area contributed by atoms with E-state index in [-0.39, 0.29) is 30.6 Å². The van der Waals surface area contributed by atoms with Gasteiger partial charge >= 0.3 is 5.97 Å². The van der Waals surface area contributed by atoms with Crippen molar-refractivity contribution < 1.29 is 33.2 Å². The Balaban J connectivity index is 1.61. The van der Waals surface area contributed by atoms with Crippen LogP contribution >= 0.6 is 0 Å². The molecule has 3 aliphatic rings. The van der Waals surface area contributed by atoms with E-state index in [1.165, 1.54) is 0 Å². The number of carbonyl (C=O) groups is 1. The number of methoxy groups -OCH3 is 3. The van der Waals surface area contributed by atoms with Crippen LogP contribution in [-0.4, -0.2) is 50.2 Å². The number of hydrogen-bond donors (Lipinski definition) is 0. The lowest BCUT2D eigenvalue weighted by atomic mass is 9.65. The van der Waals surface area contributed by atoms with E-state index < -0.39 is 5.92 Å². The number of carbonyl (C=O) groups excluding carboxylic acids is 1. The lowest BCUT2D eigenvalue weighted by Gasteiger charge is -2.39. The lowest BCUT2D eigenvalue weighted by molar-refractivity contribution is -0.141. The summed E-state index contributed by atoms with van der Waals surface area (Å²) in [6, 6.07) is 7.67. The highest BCUT2D eigenvalue weighted by Crippen LogP contribution is 2.56. The normalized spacial score (nSPS) is 24.3. The van der Waals surface area contributed by atoms with Gasteiger partial charge in [-0.3, -0.25) is 4.79 Å². The maximum Gasteiger partial charge on any atom is 0.310 e. The number of imidazole rings is 1. The molecule has 0 saturated carbocycles. The van der Waals surface area contributed by atoms with Crippen molar-refractivity contribution >= 4 is 5.97 Å². The van der Waals surface area contributed by atoms with Gasteiger partial charge in [0.05, 0.1) is 46.2 Å². The van der Waals surface area contributed by atoms with E-state index >= 15 is 0 Å². The highest BCUT2D eigenvalue weighted by molar-refractivity contribution is 5.79. The summed E-state index contributed by atoms with van der Waals surface area (Å²) in [7, 11) is 4.72. The second-order valence-electron chi connectivity index (χ2n) is 8.55. The Bertz CT molecular complexity index is 1230. The molecule has 2 aliphatic heterocycles. The molecule has 0 bridgehead atoms. The first-order valence-corrected chi connectivity index (χ1v) is 11.0. The quantitative estimate of drug-likeness (QED) is 0.532. The zero-order chi connectivity index (χ0) is 23.4. The highest BCUT2D eigenvalue weighted by Gasteiger charge is 2.53. The molecule has 4 atom stereocenters. The summed E-state index contributed by atoms with van der Waals surface area (Å²) in [5, 5.41) is 0. The van der Waals surface area contributed by atoms with E-state index in [1.54, 1.807) is 33.9 Å². The SMILES string of the molecule is COc1cc([C@@H]2c3cc4c(cc3[C@@H](n3ccnc3)[C@H]3COC(=O)[C@H]23)OCO4)cc(OC)c1OC. The molecule has 9 nitrogen and oxygen atoms in total. The lowest BCUT2D eigenvalue weighted by Crippen LogP contribution is -2.37. The second kappa shape index (κ2) is 7.86. The average Bonchev–Trinajstić information content (AvgIpc) is 3.62. The number of ether oxygens (including phenoxy) is 6. The van der Waals surface area contributed by atoms with Crippen molar-refractivity contribution in [3.8, 4) is 28.7 Å². The van der Waals surface area contributed by atoms with Crippen molar-refractivity contribution in [2.75, 3.05) is 34.7 Å². The van der Waals surface area contributed by atoms with Crippen LogP contribution in [0.4, 0.5) is 0 Å². The van der Waals surface area contributed by atoms with Crippen molar-refractivity contribution in [2.24, 2.45) is 11.8 Å². The van der Waals surface area contributed by atoms with Gasteiger partial charge in [-0.05, 0) is 41.0 Å². The van der Waals surface area contributed by atoms with Gasteiger partial charge in [0.2, 0.25) is 12.5 Å². The van der Waals surface area contributed by atoms with E-state index in [0.717, 1.165) is 16.7 Å². The third-order valence-corrected chi connectivity index (χ3v) is 7.04. The van der Waals surface area contributed by atoms with Crippen molar-refractivity contribution in [1.82, 2.24) is 9.55 Å². The topological polar surface area (TPSA) is 90.3 Å². The van der Waals surface area contributed by atoms with Gasteiger partial charge in [0.1, 0.15) is 0 Å². The summed E-state index contributed by atoms with van der Waals surface area (Å²) in [4.78, 5) is 17.4. The number of nitrogens with zero attached hydrogens (tertiary/aromatic N) is 2. The average molecular weight is 464 g/mol. The number of rotatable bonds is 5. The van der Waals surface area contributed by atoms with Crippen LogP contribution in [0.25, 0.3) is 0 Å². The van der Waals surface area contributed by atoms with Gasteiger partial charge in [-0.1, -0.05) is 0 Å². The Hall–Kier alpha value is -3.88. The van der Waals surface area contributed by atoms with Gasteiger partial charge in [-0.25, -0.2) is 4.98 Å². The summed E-state index contributed by atoms with van der Waals surface area (Å²) in [6.07, 6.45) is 5.43. The second-order valence-corrected chi connectivity index (χ2v) is 8.55. The zero-order valence-corrected chi connectivity index (χ0v) is 19.0. The number of hydrogen-bond acceptors (Lipinski definition) is 8. The fraction of sp³-hybridized carbons (Fsp3) is 0.360. The molecule has 3 heterocycles. The van der Waals surface area contributed by atoms with Crippen LogP contribution in [0.2, 0.25) is 0 Å². The molecule has 0 amide bonds. The Morgan fingerprint density at radius 1 is 0.941 bits per heavy atom. The van der Waals surface area contributed by atoms with Gasteiger partial charge in [0.25, 0.3) is 0 Å². The van der Waals surface area contributed by atoms with Gasteiger partial charge in [0.15, 0.2) is 23.0 Å². The van der Waals surface area contributed by atoms with Crippen LogP contribution in [0.1, 0.15) is 28.7 Å². The number of fused-ring (bicyclic) bond motifs is 3. The molecular formula is C25H24N2O7. The number of benzene rings is 2. The molecule has 2 aromatic carbocycles. The van der Waals surface area contributed by atoms with E-state index in [1.807, 2.05) is 35.0 Å². The Morgan fingerprint density at radius 3 is 2.26 bits per heavy atom. The molecule has 0 N–H and O–H groups in total. The van der Waals surface area contributed by atoms with Crippen LogP contribution in [-0.2, 0) is 9.53 Å². The number of cyclic esters (lactones) is 1. The standard InChI is InChI=1S/C25H24N2O7/c1-29-19-6-13(7-20(30-2)24(19)31-3)21-14-8-17-18(34-12-33-17)9-15(14)23(27-5-4-26-11-27)16-10-32-25(28)22(16)21/h4-9,11,16,21-23H,10,12H2,1-3H3/t16-,21+,22-,23+/m0/s1. The molecular weight excluding hydrogens is 440 g/mol. The van der Waals surface area contributed by atoms with E-state index in [0.29, 0.717) is 35.4 Å². The molecule has 9 heteroatoms. The van der Waals surface area contributed by atoms with Crippen molar-refractivity contribution in [3.05, 3.63) is 59.7 Å². The Labute approximate surface area is 196 Å². The van der Waals surface area contributed by atoms with Crippen molar-refractivity contribution in [1.29, 1.82) is 0 Å². The number of esters is 1. The molecule has 34 heavy (non-hydrogen) atoms. The minimum atomic E-state index is -0.414. The van der Waals surface area contributed by atoms with Crippen LogP contribution in [0, 0.1) is 11.8 Å². The molecule has 3 aromatic rings. The smallest absolute Gasteiger partial charge is 0.310 e. The largest absolute Gasteiger partial charge is 0.493 e. The van der Waals surface area contributed by atoms with Crippen LogP contribution in [0.15, 0.2) is 43.0 Å². The molecule has 176 valence electrons. The fourth-order valence-corrected chi connectivity index (χ4v) is 5.63. The predicted molar refractivity (Wildman–Crippen MR) is 119 cm³/mol. The summed E-state index contributed by atoms with van der Waals surface area (Å²) in [5.74, 6) is 1.85. The summed E-state index contributed by atoms with van der Waals surface area (Å²) < 4.78 is 35.8. The van der Waals surface area contributed by atoms with Crippen LogP contribution < -0.4 is 23.7 Å². The zero-order valence-electron chi connectivity index (χ0n) is 19.0. The van der Waals surface area contributed by atoms with Gasteiger partial charge in [-0.15, -0.1) is 0 Å². The molecule has 1 saturated heterocycles. The summed E-state index contributed by atoms with van der Waals surface area (Å²) in [6.45, 7) is 0.485. The monoisotopic (exact) mass is 464 g/mol. The first-order chi connectivity index (χ1) is 16.6. The molecule has 0 radical (unpaired) electrons. The van der Waals surface area contributed by atoms with Crippen molar-refractivity contribution in [2.45, 2.75) is 12.0 Å². The van der Waals surface area contributed by atoms with Gasteiger partial charge in [0, 0.05) is 24.2 Å². The maximum absolute atomic E-state index is 13.2. The molecule has 1 fully saturated rings. The van der Waals surface area contributed by atoms with Gasteiger partial charge < -0.3 is 33.0 Å². The maximum atomic E-state index is 13.2. The first kappa shape index (κ1) is 20.7. The van der Waals surface area contributed by atoms with E-state index in [2.05, 4.69) is 4.98 Å². The first-order valence-electron chi connectivity index (χ1n) is 11.0. The van der Waals surface area contributed by atoms with E-state index in [9.17, 15) is 4.79 Å². The van der Waals surface area contributed by atoms with Crippen molar-refractivity contribution in [3.63, 3.8) is 0 Å². The van der Waals surface area contributed by atoms with E-state index in [4.69, 9.17) is 28.4 Å². The molecule has 1 aromatic heterocycles. The summed E-state index contributed by atoms with van der Waals surface area (Å²) >= 11 is 0. The minimum absolute atomic E-state index is 0.0985. The highest BCUT2D eigenvalue weighted by atomic mass is 16.7. The number of aromatic nitrogens is 2. The third-order valence-electron chi connectivity index (χ3n) is 7.04. The molecule has 1 aliphatic carbocycles. The minimum Gasteiger partial charge on any atom is -0.493 e. The van der Waals surface area contributed by atoms with Crippen LogP contribution in [0.5, 0.6) is 28.7 Å². The third kappa shape index (κ3) is 2.92. The predicted octanol–water partition coefficient (Wildman–Crippen LogP) is 3.16. The van der Waals surface area contributed by atoms with Gasteiger partial charge in [-0.2, -0.15) is 0 Å². The van der Waals surface area contributed by atoms with Crippen LogP contribution in [0.3, 0.4) is 0 Å². The molecule has 0 spiro atoms. The molecule has 6 rings (SSSR count). The summed E-state index contributed by atoms with van der Waals surface area (Å²) in [5.41, 5.74) is 2.88. The Kier molecular flexibility index (Phi) is 4.79.